The second kappa shape index (κ2) is 5.82. The SMILES string of the molecule is Cc1cc(F)cc(NC(=O)NC(C)(C)CCO)c1. The number of benzene rings is 1. The van der Waals surface area contributed by atoms with Gasteiger partial charge in [0.1, 0.15) is 5.82 Å². The monoisotopic (exact) mass is 254 g/mol. The molecule has 0 spiro atoms. The number of hydrogen-bond acceptors (Lipinski definition) is 2. The first-order chi connectivity index (χ1) is 8.32. The van der Waals surface area contributed by atoms with Gasteiger partial charge in [0, 0.05) is 17.8 Å². The molecule has 1 rings (SSSR count). The second-order valence-electron chi connectivity index (χ2n) is 4.95. The Morgan fingerprint density at radius 2 is 2.06 bits per heavy atom. The van der Waals surface area contributed by atoms with Crippen LogP contribution in [0.15, 0.2) is 18.2 Å². The van der Waals surface area contributed by atoms with E-state index in [0.29, 0.717) is 12.1 Å². The maximum absolute atomic E-state index is 13.1. The third kappa shape index (κ3) is 4.71. The number of rotatable bonds is 4. The highest BCUT2D eigenvalue weighted by atomic mass is 19.1. The van der Waals surface area contributed by atoms with E-state index in [9.17, 15) is 9.18 Å². The first-order valence-corrected chi connectivity index (χ1v) is 5.79. The number of anilines is 1. The fourth-order valence-corrected chi connectivity index (χ4v) is 1.62. The molecule has 3 N–H and O–H groups in total. The van der Waals surface area contributed by atoms with Gasteiger partial charge in [-0.25, -0.2) is 9.18 Å². The zero-order valence-corrected chi connectivity index (χ0v) is 10.9. The summed E-state index contributed by atoms with van der Waals surface area (Å²) in [5.41, 5.74) is 0.631. The molecule has 5 heteroatoms. The molecule has 0 aliphatic rings. The Bertz CT molecular complexity index is 413. The number of aryl methyl sites for hydroxylation is 1. The van der Waals surface area contributed by atoms with Crippen LogP contribution in [0.1, 0.15) is 25.8 Å². The van der Waals surface area contributed by atoms with Crippen LogP contribution in [0.4, 0.5) is 14.9 Å². The summed E-state index contributed by atoms with van der Waals surface area (Å²) in [7, 11) is 0. The van der Waals surface area contributed by atoms with E-state index in [2.05, 4.69) is 10.6 Å². The lowest BCUT2D eigenvalue weighted by molar-refractivity contribution is 0.218. The van der Waals surface area contributed by atoms with Gasteiger partial charge in [0.15, 0.2) is 0 Å². The minimum absolute atomic E-state index is 0.00759. The Morgan fingerprint density at radius 1 is 1.39 bits per heavy atom. The molecular weight excluding hydrogens is 235 g/mol. The molecule has 18 heavy (non-hydrogen) atoms. The molecule has 1 aromatic rings. The summed E-state index contributed by atoms with van der Waals surface area (Å²) in [5, 5.41) is 14.1. The van der Waals surface area contributed by atoms with Crippen LogP contribution in [0.25, 0.3) is 0 Å². The van der Waals surface area contributed by atoms with E-state index >= 15 is 0 Å². The van der Waals surface area contributed by atoms with Gasteiger partial charge in [-0.3, -0.25) is 0 Å². The van der Waals surface area contributed by atoms with Gasteiger partial charge in [-0.1, -0.05) is 0 Å². The lowest BCUT2D eigenvalue weighted by atomic mass is 10.0. The van der Waals surface area contributed by atoms with Crippen molar-refractivity contribution in [1.29, 1.82) is 0 Å². The molecule has 0 bridgehead atoms. The van der Waals surface area contributed by atoms with Gasteiger partial charge in [-0.15, -0.1) is 0 Å². The highest BCUT2D eigenvalue weighted by Crippen LogP contribution is 2.14. The Labute approximate surface area is 106 Å². The van der Waals surface area contributed by atoms with Crippen LogP contribution in [0.3, 0.4) is 0 Å². The number of hydrogen-bond donors (Lipinski definition) is 3. The average Bonchev–Trinajstić information content (AvgIpc) is 2.13. The molecule has 0 fully saturated rings. The summed E-state index contributed by atoms with van der Waals surface area (Å²) < 4.78 is 13.1. The molecule has 0 aliphatic carbocycles. The standard InChI is InChI=1S/C13H19FN2O2/c1-9-6-10(14)8-11(7-9)15-12(18)16-13(2,3)4-5-17/h6-8,17H,4-5H2,1-3H3,(H2,15,16,18). The lowest BCUT2D eigenvalue weighted by Gasteiger charge is -2.25. The van der Waals surface area contributed by atoms with Crippen LogP contribution in [-0.4, -0.2) is 23.3 Å². The number of aliphatic hydroxyl groups excluding tert-OH is 1. The van der Waals surface area contributed by atoms with Gasteiger partial charge in [0.2, 0.25) is 0 Å². The van der Waals surface area contributed by atoms with Crippen LogP contribution in [0.2, 0.25) is 0 Å². The molecule has 4 nitrogen and oxygen atoms in total. The summed E-state index contributed by atoms with van der Waals surface area (Å²) in [6, 6.07) is 3.91. The van der Waals surface area contributed by atoms with Gasteiger partial charge in [-0.2, -0.15) is 0 Å². The molecule has 0 saturated carbocycles. The number of carbonyl (C=O) groups excluding carboxylic acids is 1. The largest absolute Gasteiger partial charge is 0.396 e. The molecule has 0 aliphatic heterocycles. The van der Waals surface area contributed by atoms with Crippen molar-refractivity contribution >= 4 is 11.7 Å². The Balaban J connectivity index is 2.64. The molecule has 2 amide bonds. The van der Waals surface area contributed by atoms with Crippen LogP contribution in [0, 0.1) is 12.7 Å². The van der Waals surface area contributed by atoms with Gasteiger partial charge < -0.3 is 15.7 Å². The number of halogens is 1. The van der Waals surface area contributed by atoms with Crippen LogP contribution < -0.4 is 10.6 Å². The zero-order chi connectivity index (χ0) is 13.8. The van der Waals surface area contributed by atoms with E-state index < -0.39 is 11.6 Å². The van der Waals surface area contributed by atoms with Gasteiger partial charge >= 0.3 is 6.03 Å². The van der Waals surface area contributed by atoms with Crippen molar-refractivity contribution in [2.75, 3.05) is 11.9 Å². The molecule has 0 unspecified atom stereocenters. The maximum Gasteiger partial charge on any atom is 0.319 e. The summed E-state index contributed by atoms with van der Waals surface area (Å²) in [5.74, 6) is -0.389. The lowest BCUT2D eigenvalue weighted by Crippen LogP contribution is -2.46. The second-order valence-corrected chi connectivity index (χ2v) is 4.95. The maximum atomic E-state index is 13.1. The van der Waals surface area contributed by atoms with E-state index in [1.165, 1.54) is 12.1 Å². The van der Waals surface area contributed by atoms with E-state index in [1.54, 1.807) is 26.8 Å². The highest BCUT2D eigenvalue weighted by Gasteiger charge is 2.19. The van der Waals surface area contributed by atoms with Crippen molar-refractivity contribution in [2.45, 2.75) is 32.7 Å². The molecule has 100 valence electrons. The smallest absolute Gasteiger partial charge is 0.319 e. The zero-order valence-electron chi connectivity index (χ0n) is 10.9. The molecule has 0 saturated heterocycles. The number of aliphatic hydroxyl groups is 1. The summed E-state index contributed by atoms with van der Waals surface area (Å²) >= 11 is 0. The van der Waals surface area contributed by atoms with Crippen molar-refractivity contribution in [3.05, 3.63) is 29.6 Å². The first-order valence-electron chi connectivity index (χ1n) is 5.79. The van der Waals surface area contributed by atoms with E-state index in [1.807, 2.05) is 0 Å². The number of amides is 2. The predicted molar refractivity (Wildman–Crippen MR) is 69.1 cm³/mol. The van der Waals surface area contributed by atoms with Crippen molar-refractivity contribution in [1.82, 2.24) is 5.32 Å². The molecule has 0 heterocycles. The van der Waals surface area contributed by atoms with Crippen molar-refractivity contribution < 1.29 is 14.3 Å². The summed E-state index contributed by atoms with van der Waals surface area (Å²) in [6.45, 7) is 5.35. The average molecular weight is 254 g/mol. The highest BCUT2D eigenvalue weighted by molar-refractivity contribution is 5.89. The molecular formula is C13H19FN2O2. The van der Waals surface area contributed by atoms with Gasteiger partial charge in [0.25, 0.3) is 0 Å². The fraction of sp³-hybridized carbons (Fsp3) is 0.462. The summed E-state index contributed by atoms with van der Waals surface area (Å²) in [6.07, 6.45) is 0.447. The van der Waals surface area contributed by atoms with Crippen molar-refractivity contribution in [3.8, 4) is 0 Å². The van der Waals surface area contributed by atoms with Crippen molar-refractivity contribution in [3.63, 3.8) is 0 Å². The van der Waals surface area contributed by atoms with Gasteiger partial charge in [0.05, 0.1) is 0 Å². The Kier molecular flexibility index (Phi) is 4.67. The minimum atomic E-state index is -0.513. The van der Waals surface area contributed by atoms with Crippen LogP contribution in [-0.2, 0) is 0 Å². The number of urea groups is 1. The minimum Gasteiger partial charge on any atom is -0.396 e. The third-order valence-corrected chi connectivity index (χ3v) is 2.49. The normalized spacial score (nSPS) is 11.2. The molecule has 0 aromatic heterocycles. The van der Waals surface area contributed by atoms with E-state index in [4.69, 9.17) is 5.11 Å². The van der Waals surface area contributed by atoms with Crippen LogP contribution >= 0.6 is 0 Å². The molecule has 0 radical (unpaired) electrons. The molecule has 1 aromatic carbocycles. The number of nitrogens with one attached hydrogen (secondary N) is 2. The number of carbonyl (C=O) groups is 1. The molecule has 0 atom stereocenters. The van der Waals surface area contributed by atoms with E-state index in [0.717, 1.165) is 5.56 Å². The van der Waals surface area contributed by atoms with Crippen molar-refractivity contribution in [2.24, 2.45) is 0 Å². The topological polar surface area (TPSA) is 61.4 Å². The summed E-state index contributed by atoms with van der Waals surface area (Å²) in [4.78, 5) is 11.7. The predicted octanol–water partition coefficient (Wildman–Crippen LogP) is 2.42. The Morgan fingerprint density at radius 3 is 2.61 bits per heavy atom. The van der Waals surface area contributed by atoms with Gasteiger partial charge in [-0.05, 0) is 51.0 Å². The quantitative estimate of drug-likeness (QED) is 0.772. The Hall–Kier alpha value is -1.62. The fourth-order valence-electron chi connectivity index (χ4n) is 1.62. The third-order valence-electron chi connectivity index (χ3n) is 2.49. The van der Waals surface area contributed by atoms with E-state index in [-0.39, 0.29) is 12.4 Å². The van der Waals surface area contributed by atoms with Crippen LogP contribution in [0.5, 0.6) is 0 Å². The first kappa shape index (κ1) is 14.4.